The molecule has 0 aromatic heterocycles. The van der Waals surface area contributed by atoms with Gasteiger partial charge in [-0.2, -0.15) is 0 Å². The summed E-state index contributed by atoms with van der Waals surface area (Å²) in [6, 6.07) is 9.71. The molecular weight excluding hydrogens is 523 g/mol. The van der Waals surface area contributed by atoms with Crippen molar-refractivity contribution in [2.75, 3.05) is 13.7 Å². The first-order chi connectivity index (χ1) is 9.74. The molecule has 0 N–H and O–H groups in total. The first kappa shape index (κ1) is 19.8. The van der Waals surface area contributed by atoms with Gasteiger partial charge in [0.05, 0.1) is 18.6 Å². The number of hydrogen-bond donors (Lipinski definition) is 0. The summed E-state index contributed by atoms with van der Waals surface area (Å²) in [5.74, 6) is 0.711. The number of hydrogen-bond acceptors (Lipinski definition) is 2. The fourth-order valence-corrected chi connectivity index (χ4v) is 2.83. The fourth-order valence-electron chi connectivity index (χ4n) is 2.83. The SMILES string of the molecule is COC1=C(c2[c-]c[c-]cc2C)C(=O)N2CCCCC=C12.[W].[Y]. The van der Waals surface area contributed by atoms with E-state index in [4.69, 9.17) is 4.74 Å². The third-order valence-corrected chi connectivity index (χ3v) is 3.83. The topological polar surface area (TPSA) is 29.5 Å². The van der Waals surface area contributed by atoms with E-state index in [1.54, 1.807) is 13.2 Å². The maximum Gasteiger partial charge on any atom is 0.179 e. The van der Waals surface area contributed by atoms with Crippen LogP contribution in [0.1, 0.15) is 30.4 Å². The van der Waals surface area contributed by atoms with Crippen molar-refractivity contribution in [1.29, 1.82) is 0 Å². The zero-order valence-corrected chi connectivity index (χ0v) is 18.6. The average molecular weight is 540 g/mol. The minimum absolute atomic E-state index is 0. The molecule has 1 aromatic carbocycles. The predicted octanol–water partition coefficient (Wildman–Crippen LogP) is 2.86. The smallest absolute Gasteiger partial charge is 0.179 e. The van der Waals surface area contributed by atoms with E-state index in [0.29, 0.717) is 11.3 Å². The Hall–Kier alpha value is -0.238. The molecular formula is C17H17NO2WY-2. The van der Waals surface area contributed by atoms with Gasteiger partial charge in [-0.3, -0.25) is 22.5 Å². The molecule has 0 fully saturated rings. The van der Waals surface area contributed by atoms with Crippen LogP contribution in [0.4, 0.5) is 0 Å². The molecule has 113 valence electrons. The Balaban J connectivity index is 0.00000121. The van der Waals surface area contributed by atoms with Crippen LogP contribution in [-0.4, -0.2) is 24.5 Å². The fraction of sp³-hybridized carbons (Fsp3) is 0.353. The number of amides is 1. The molecule has 3 nitrogen and oxygen atoms in total. The summed E-state index contributed by atoms with van der Waals surface area (Å²) < 4.78 is 5.55. The summed E-state index contributed by atoms with van der Waals surface area (Å²) in [4.78, 5) is 14.6. The number of nitrogens with zero attached hydrogens (tertiary/aromatic N) is 1. The van der Waals surface area contributed by atoms with Gasteiger partial charge < -0.3 is 9.64 Å². The van der Waals surface area contributed by atoms with E-state index in [-0.39, 0.29) is 59.7 Å². The van der Waals surface area contributed by atoms with Crippen LogP contribution in [0.15, 0.2) is 29.7 Å². The Kier molecular flexibility index (Phi) is 7.71. The molecule has 1 amide bonds. The van der Waals surface area contributed by atoms with Crippen molar-refractivity contribution in [1.82, 2.24) is 4.90 Å². The first-order valence-electron chi connectivity index (χ1n) is 6.93. The summed E-state index contributed by atoms with van der Waals surface area (Å²) in [5, 5.41) is 0. The van der Waals surface area contributed by atoms with Gasteiger partial charge >= 0.3 is 0 Å². The van der Waals surface area contributed by atoms with Crippen LogP contribution in [0.3, 0.4) is 0 Å². The quantitative estimate of drug-likeness (QED) is 0.541. The van der Waals surface area contributed by atoms with Gasteiger partial charge in [-0.15, -0.1) is 6.92 Å². The van der Waals surface area contributed by atoms with Crippen LogP contribution in [0.25, 0.3) is 5.57 Å². The van der Waals surface area contributed by atoms with Crippen molar-refractivity contribution in [3.63, 3.8) is 0 Å². The summed E-state index contributed by atoms with van der Waals surface area (Å²) in [7, 11) is 1.63. The molecule has 1 aromatic rings. The summed E-state index contributed by atoms with van der Waals surface area (Å²) in [6.07, 6.45) is 5.25. The molecule has 2 heterocycles. The molecule has 1 radical (unpaired) electrons. The number of fused-ring (bicyclic) bond motifs is 1. The second kappa shape index (κ2) is 8.57. The van der Waals surface area contributed by atoms with Crippen molar-refractivity contribution in [2.45, 2.75) is 26.2 Å². The van der Waals surface area contributed by atoms with Gasteiger partial charge in [0.25, 0.3) is 0 Å². The van der Waals surface area contributed by atoms with Crippen molar-refractivity contribution >= 4 is 11.5 Å². The minimum Gasteiger partial charge on any atom is -0.513 e. The van der Waals surface area contributed by atoms with Gasteiger partial charge in [-0.05, 0) is 19.3 Å². The zero-order valence-electron chi connectivity index (χ0n) is 12.8. The molecule has 0 saturated heterocycles. The Morgan fingerprint density at radius 1 is 1.32 bits per heavy atom. The molecule has 0 bridgehead atoms. The number of aryl methyl sites for hydroxylation is 1. The Bertz CT molecular complexity index is 625. The Labute approximate surface area is 171 Å². The second-order valence-corrected chi connectivity index (χ2v) is 5.11. The van der Waals surface area contributed by atoms with E-state index < -0.39 is 0 Å². The molecule has 2 aliphatic rings. The number of ether oxygens (including phenoxy) is 1. The normalized spacial score (nSPS) is 17.1. The van der Waals surface area contributed by atoms with Gasteiger partial charge in [0.2, 0.25) is 0 Å². The number of carbonyl (C=O) groups is 1. The van der Waals surface area contributed by atoms with E-state index in [2.05, 4.69) is 18.2 Å². The molecule has 5 heteroatoms. The van der Waals surface area contributed by atoms with Crippen LogP contribution >= 0.6 is 0 Å². The van der Waals surface area contributed by atoms with Gasteiger partial charge in [0, 0.05) is 60.3 Å². The molecule has 3 rings (SSSR count). The molecule has 22 heavy (non-hydrogen) atoms. The maximum absolute atomic E-state index is 12.7. The molecule has 0 unspecified atom stereocenters. The van der Waals surface area contributed by atoms with E-state index >= 15 is 0 Å². The average Bonchev–Trinajstić information content (AvgIpc) is 2.62. The predicted molar refractivity (Wildman–Crippen MR) is 76.4 cm³/mol. The van der Waals surface area contributed by atoms with Gasteiger partial charge in [-0.25, -0.2) is 17.7 Å². The van der Waals surface area contributed by atoms with E-state index in [1.165, 1.54) is 0 Å². The van der Waals surface area contributed by atoms with Gasteiger partial charge in [0.15, 0.2) is 5.91 Å². The molecule has 0 atom stereocenters. The van der Waals surface area contributed by atoms with Crippen LogP contribution in [-0.2, 0) is 63.3 Å². The second-order valence-electron chi connectivity index (χ2n) is 5.11. The van der Waals surface area contributed by atoms with Crippen molar-refractivity contribution < 1.29 is 63.3 Å². The van der Waals surface area contributed by atoms with Crippen molar-refractivity contribution in [3.8, 4) is 0 Å². The Morgan fingerprint density at radius 3 is 2.77 bits per heavy atom. The maximum atomic E-state index is 12.7. The third kappa shape index (κ3) is 3.47. The summed E-state index contributed by atoms with van der Waals surface area (Å²) in [5.41, 5.74) is 3.36. The monoisotopic (exact) mass is 540 g/mol. The van der Waals surface area contributed by atoms with E-state index in [9.17, 15) is 4.79 Å². The largest absolute Gasteiger partial charge is 0.513 e. The standard InChI is InChI=1S/C17H17NO2.W.Y/c1-12-8-5-6-9-13(12)15-16(20-2)14-10-4-3-7-11-18(14)17(15)19;;/h6,8,10H,3-4,7,11H2,1-2H3;;/q-2;;. The third-order valence-electron chi connectivity index (χ3n) is 3.83. The van der Waals surface area contributed by atoms with Crippen LogP contribution in [0.5, 0.6) is 0 Å². The minimum atomic E-state index is 0. The number of methoxy groups -OCH3 is 1. The number of benzene rings is 1. The van der Waals surface area contributed by atoms with E-state index in [0.717, 1.165) is 42.6 Å². The zero-order chi connectivity index (χ0) is 14.1. The van der Waals surface area contributed by atoms with Crippen molar-refractivity contribution in [2.24, 2.45) is 0 Å². The summed E-state index contributed by atoms with van der Waals surface area (Å²) in [6.45, 7) is 2.73. The number of allylic oxidation sites excluding steroid dienone is 1. The molecule has 0 saturated carbocycles. The Morgan fingerprint density at radius 2 is 2.09 bits per heavy atom. The van der Waals surface area contributed by atoms with E-state index in [1.807, 2.05) is 17.9 Å². The van der Waals surface area contributed by atoms with Crippen LogP contribution in [0, 0.1) is 19.1 Å². The van der Waals surface area contributed by atoms with Gasteiger partial charge in [-0.1, -0.05) is 11.6 Å². The molecule has 2 aliphatic heterocycles. The molecule has 0 spiro atoms. The summed E-state index contributed by atoms with van der Waals surface area (Å²) >= 11 is 0. The van der Waals surface area contributed by atoms with Crippen LogP contribution in [0.2, 0.25) is 0 Å². The van der Waals surface area contributed by atoms with Crippen molar-refractivity contribution in [3.05, 3.63) is 52.9 Å². The van der Waals surface area contributed by atoms with Crippen LogP contribution < -0.4 is 0 Å². The number of carbonyl (C=O) groups excluding carboxylic acids is 1. The molecule has 0 aliphatic carbocycles. The first-order valence-corrected chi connectivity index (χ1v) is 6.93. The van der Waals surface area contributed by atoms with Gasteiger partial charge in [0.1, 0.15) is 0 Å². The number of rotatable bonds is 2.